The molecule has 0 aliphatic heterocycles. The molecule has 0 unspecified atom stereocenters. The maximum Gasteiger partial charge on any atom is 1.00 e. The smallest absolute Gasteiger partial charge is 0.545 e. The molecule has 22 heavy (non-hydrogen) atoms. The van der Waals surface area contributed by atoms with E-state index in [0.717, 1.165) is 0 Å². The first-order chi connectivity index (χ1) is 8.85. The zero-order chi connectivity index (χ0) is 17.9. The predicted octanol–water partition coefficient (Wildman–Crippen LogP) is -3.41. The molecule has 7 nitrogen and oxygen atoms in total. The Labute approximate surface area is 132 Å². The molecule has 0 saturated heterocycles. The number of carboxylic acids is 1. The van der Waals surface area contributed by atoms with E-state index in [1.807, 2.05) is 0 Å². The zero-order valence-electron chi connectivity index (χ0n) is 10.7. The number of hydrogen-bond donors (Lipinski definition) is 1. The second kappa shape index (κ2) is 8.20. The molecule has 0 fully saturated rings. The molecule has 0 aliphatic rings. The second-order valence-corrected chi connectivity index (χ2v) is 6.66. The molecule has 0 rings (SSSR count). The third-order valence-corrected chi connectivity index (χ3v) is 4.15. The summed E-state index contributed by atoms with van der Waals surface area (Å²) < 4.78 is 108. The molecule has 0 spiro atoms. The van der Waals surface area contributed by atoms with Crippen LogP contribution in [0.3, 0.4) is 0 Å². The van der Waals surface area contributed by atoms with Crippen LogP contribution in [0.15, 0.2) is 12.2 Å². The Bertz CT molecular complexity index is 553. The Kier molecular flexibility index (Phi) is 9.75. The number of rotatable bonds is 3. The van der Waals surface area contributed by atoms with Crippen LogP contribution in [-0.4, -0.2) is 33.8 Å². The quantitative estimate of drug-likeness (QED) is 0.313. The van der Waals surface area contributed by atoms with E-state index < -0.39 is 41.2 Å². The van der Waals surface area contributed by atoms with Crippen LogP contribution in [0.4, 0.5) is 26.3 Å². The number of carbonyl (C=O) groups is 1. The van der Waals surface area contributed by atoms with Crippen LogP contribution in [0.25, 0.3) is 0 Å². The minimum absolute atomic E-state index is 0. The minimum Gasteiger partial charge on any atom is -0.545 e. The van der Waals surface area contributed by atoms with E-state index in [9.17, 15) is 53.1 Å². The fourth-order valence-electron chi connectivity index (χ4n) is 0.239. The average Bonchev–Trinajstić information content (AvgIpc) is 2.12. The van der Waals surface area contributed by atoms with Gasteiger partial charge in [-0.1, -0.05) is 10.7 Å². The number of carboxylic acid groups (broad SMARTS) is 1. The average molecular weight is 373 g/mol. The minimum atomic E-state index is -6.60. The monoisotopic (exact) mass is 373 g/mol. The summed E-state index contributed by atoms with van der Waals surface area (Å²) in [5.41, 5.74) is -12.2. The van der Waals surface area contributed by atoms with E-state index in [2.05, 4.69) is 6.58 Å². The van der Waals surface area contributed by atoms with E-state index in [-0.39, 0.29) is 24.4 Å². The van der Waals surface area contributed by atoms with Crippen molar-refractivity contribution >= 4 is 26.0 Å². The van der Waals surface area contributed by atoms with Crippen LogP contribution in [0.2, 0.25) is 0 Å². The summed E-state index contributed by atoms with van der Waals surface area (Å²) in [5, 5.41) is 9.49. The maximum absolute atomic E-state index is 11.5. The van der Waals surface area contributed by atoms with Crippen molar-refractivity contribution in [3.63, 3.8) is 0 Å². The van der Waals surface area contributed by atoms with Gasteiger partial charge in [0.1, 0.15) is 0 Å². The standard InChI is InChI=1S/C4H6O2.C2HF6NO4S2.Li/c1-3(2)4(5)6;3-1(4,5)14(10,11)9-15(12,13)2(6,7)8;/h1H2,2H3,(H,5,6);9H;/q;;+1/p-1. The Balaban J connectivity index is -0.000000439. The van der Waals surface area contributed by atoms with Gasteiger partial charge in [0, 0.05) is 0 Å². The van der Waals surface area contributed by atoms with Crippen molar-refractivity contribution < 1.29 is 71.9 Å². The van der Waals surface area contributed by atoms with Gasteiger partial charge in [0.05, 0.1) is 5.97 Å². The van der Waals surface area contributed by atoms with Gasteiger partial charge in [0.25, 0.3) is 0 Å². The molecule has 0 aromatic heterocycles. The fourth-order valence-corrected chi connectivity index (χ4v) is 2.15. The van der Waals surface area contributed by atoms with E-state index in [0.29, 0.717) is 0 Å². The summed E-state index contributed by atoms with van der Waals surface area (Å²) in [6.07, 6.45) is 0. The van der Waals surface area contributed by atoms with Crippen LogP contribution in [0.5, 0.6) is 0 Å². The largest absolute Gasteiger partial charge is 1.00 e. The molecule has 126 valence electrons. The summed E-state index contributed by atoms with van der Waals surface area (Å²) in [4.78, 5) is 9.49. The van der Waals surface area contributed by atoms with Crippen LogP contribution in [0, 0.1) is 0 Å². The second-order valence-electron chi connectivity index (χ2n) is 3.05. The fraction of sp³-hybridized carbons (Fsp3) is 0.500. The first-order valence-electron chi connectivity index (χ1n) is 4.13. The Hall–Kier alpha value is -0.753. The van der Waals surface area contributed by atoms with E-state index in [1.165, 1.54) is 6.92 Å². The number of alkyl halides is 6. The Morgan fingerprint density at radius 2 is 1.14 bits per heavy atom. The molecular weight excluding hydrogens is 367 g/mol. The van der Waals surface area contributed by atoms with Gasteiger partial charge in [-0.3, -0.25) is 0 Å². The predicted molar refractivity (Wildman–Crippen MR) is 52.9 cm³/mol. The van der Waals surface area contributed by atoms with Gasteiger partial charge in [-0.05, 0) is 12.5 Å². The Morgan fingerprint density at radius 1 is 0.955 bits per heavy atom. The van der Waals surface area contributed by atoms with Gasteiger partial charge in [0.2, 0.25) is 0 Å². The van der Waals surface area contributed by atoms with Crippen molar-refractivity contribution in [2.75, 3.05) is 0 Å². The maximum atomic E-state index is 11.5. The van der Waals surface area contributed by atoms with Crippen molar-refractivity contribution in [2.45, 2.75) is 17.9 Å². The summed E-state index contributed by atoms with van der Waals surface area (Å²) >= 11 is 0. The van der Waals surface area contributed by atoms with Crippen LogP contribution in [0.1, 0.15) is 6.92 Å². The molecule has 0 saturated carbocycles. The molecule has 16 heteroatoms. The number of aliphatic carboxylic acids is 1. The van der Waals surface area contributed by atoms with Gasteiger partial charge in [-0.2, -0.15) is 26.3 Å². The number of sulfonamides is 2. The van der Waals surface area contributed by atoms with Gasteiger partial charge in [-0.25, -0.2) is 16.8 Å². The van der Waals surface area contributed by atoms with Gasteiger partial charge in [0.15, 0.2) is 0 Å². The van der Waals surface area contributed by atoms with Crippen LogP contribution in [-0.2, 0) is 24.8 Å². The zero-order valence-corrected chi connectivity index (χ0v) is 12.4. The van der Waals surface area contributed by atoms with Gasteiger partial charge >= 0.3 is 49.9 Å². The van der Waals surface area contributed by atoms with Crippen molar-refractivity contribution in [2.24, 2.45) is 0 Å². The summed E-state index contributed by atoms with van der Waals surface area (Å²) in [5.74, 6) is -1.19. The summed E-state index contributed by atoms with van der Waals surface area (Å²) in [6, 6.07) is 0. The first-order valence-corrected chi connectivity index (χ1v) is 7.10. The molecule has 0 heterocycles. The third kappa shape index (κ3) is 8.63. The molecule has 0 aliphatic carbocycles. The topological polar surface area (TPSA) is 120 Å². The molecular formula is C6H6F6LiNO6S2. The van der Waals surface area contributed by atoms with E-state index in [4.69, 9.17) is 0 Å². The number of halogens is 6. The molecule has 0 aromatic carbocycles. The van der Waals surface area contributed by atoms with Gasteiger partial charge < -0.3 is 9.90 Å². The molecule has 0 atom stereocenters. The summed E-state index contributed by atoms with van der Waals surface area (Å²) in [7, 11) is -13.2. The Morgan fingerprint density at radius 3 is 1.23 bits per heavy atom. The molecule has 1 N–H and O–H groups in total. The van der Waals surface area contributed by atoms with E-state index >= 15 is 0 Å². The third-order valence-electron chi connectivity index (χ3n) is 1.18. The van der Waals surface area contributed by atoms with Gasteiger partial charge in [-0.15, -0.1) is 0 Å². The SMILES string of the molecule is C=C(C)C(=O)[O-].O=S(=O)(NS(=O)(=O)C(F)(F)F)C(F)(F)F.[Li+]. The molecule has 0 radical (unpaired) electrons. The van der Waals surface area contributed by atoms with E-state index in [1.54, 1.807) is 0 Å². The molecule has 0 aromatic rings. The van der Waals surface area contributed by atoms with Crippen molar-refractivity contribution in [1.82, 2.24) is 4.13 Å². The first kappa shape index (κ1) is 26.2. The van der Waals surface area contributed by atoms with Crippen LogP contribution >= 0.6 is 0 Å². The number of nitrogens with one attached hydrogen (secondary N) is 1. The van der Waals surface area contributed by atoms with Crippen LogP contribution < -0.4 is 28.1 Å². The number of hydrogen-bond acceptors (Lipinski definition) is 6. The molecule has 0 bridgehead atoms. The molecule has 0 amide bonds. The normalized spacial score (nSPS) is 12.5. The number of carbonyl (C=O) groups excluding carboxylic acids is 1. The summed E-state index contributed by atoms with van der Waals surface area (Å²) in [6.45, 7) is 4.48. The van der Waals surface area contributed by atoms with Crippen molar-refractivity contribution in [1.29, 1.82) is 0 Å². The van der Waals surface area contributed by atoms with Crippen molar-refractivity contribution in [3.8, 4) is 0 Å². The van der Waals surface area contributed by atoms with Crippen molar-refractivity contribution in [3.05, 3.63) is 12.2 Å².